The molecule has 0 radical (unpaired) electrons. The quantitative estimate of drug-likeness (QED) is 0.580. The average Bonchev–Trinajstić information content (AvgIpc) is 1.84. The zero-order chi connectivity index (χ0) is 9.72. The largest absolute Gasteiger partial charge is 0.352 e. The molecule has 1 nitrogen and oxygen atoms in total. The highest BCUT2D eigenvalue weighted by Gasteiger charge is 1.93. The van der Waals surface area contributed by atoms with E-state index in [2.05, 4.69) is 46.5 Å². The second-order valence-corrected chi connectivity index (χ2v) is 3.53. The Morgan fingerprint density at radius 1 is 1.08 bits per heavy atom. The lowest BCUT2D eigenvalue weighted by atomic mass is 10.2. The highest BCUT2D eigenvalue weighted by atomic mass is 15.1. The molecule has 0 aliphatic rings. The Morgan fingerprint density at radius 3 is 1.92 bits per heavy atom. The van der Waals surface area contributed by atoms with E-state index in [-0.39, 0.29) is 0 Å². The number of nitrogens with zero attached hydrogens (tertiary/aromatic N) is 1. The topological polar surface area (TPSA) is 3.24 Å². The highest BCUT2D eigenvalue weighted by Crippen LogP contribution is 2.06. The Labute approximate surface area is 76.1 Å². The standard InChI is InChI=1S/C11H19N/c1-9(2)7-11(5)12(6)8-10(3)4/h7-8H,5H2,1-4,6H3. The predicted molar refractivity (Wildman–Crippen MR) is 55.8 cm³/mol. The van der Waals surface area contributed by atoms with Crippen LogP contribution < -0.4 is 0 Å². The summed E-state index contributed by atoms with van der Waals surface area (Å²) in [5.41, 5.74) is 3.58. The van der Waals surface area contributed by atoms with E-state index in [1.54, 1.807) is 0 Å². The first-order valence-corrected chi connectivity index (χ1v) is 4.15. The molecule has 0 aromatic rings. The minimum atomic E-state index is 1.02. The van der Waals surface area contributed by atoms with Gasteiger partial charge in [0.2, 0.25) is 0 Å². The molecule has 0 aromatic carbocycles. The molecule has 0 amide bonds. The average molecular weight is 165 g/mol. The van der Waals surface area contributed by atoms with E-state index in [0.29, 0.717) is 0 Å². The predicted octanol–water partition coefficient (Wildman–Crippen LogP) is 3.32. The molecule has 0 aliphatic carbocycles. The van der Waals surface area contributed by atoms with Gasteiger partial charge in [-0.25, -0.2) is 0 Å². The summed E-state index contributed by atoms with van der Waals surface area (Å²) in [6.07, 6.45) is 4.14. The summed E-state index contributed by atoms with van der Waals surface area (Å²) in [4.78, 5) is 2.03. The van der Waals surface area contributed by atoms with Gasteiger partial charge in [-0.05, 0) is 33.8 Å². The molecule has 0 atom stereocenters. The van der Waals surface area contributed by atoms with Crippen LogP contribution in [0.3, 0.4) is 0 Å². The summed E-state index contributed by atoms with van der Waals surface area (Å²) >= 11 is 0. The molecule has 0 unspecified atom stereocenters. The van der Waals surface area contributed by atoms with Gasteiger partial charge in [-0.3, -0.25) is 0 Å². The van der Waals surface area contributed by atoms with E-state index in [9.17, 15) is 0 Å². The van der Waals surface area contributed by atoms with Crippen molar-refractivity contribution in [3.8, 4) is 0 Å². The van der Waals surface area contributed by atoms with Crippen LogP contribution in [0.15, 0.2) is 35.7 Å². The zero-order valence-corrected chi connectivity index (χ0v) is 8.81. The highest BCUT2D eigenvalue weighted by molar-refractivity contribution is 5.19. The van der Waals surface area contributed by atoms with Crippen LogP contribution in [-0.2, 0) is 0 Å². The zero-order valence-electron chi connectivity index (χ0n) is 8.81. The van der Waals surface area contributed by atoms with E-state index >= 15 is 0 Å². The summed E-state index contributed by atoms with van der Waals surface area (Å²) in [7, 11) is 2.01. The van der Waals surface area contributed by atoms with Crippen LogP contribution >= 0.6 is 0 Å². The van der Waals surface area contributed by atoms with Crippen LogP contribution in [0, 0.1) is 0 Å². The second-order valence-electron chi connectivity index (χ2n) is 3.53. The lowest BCUT2D eigenvalue weighted by molar-refractivity contribution is 0.584. The van der Waals surface area contributed by atoms with Crippen LogP contribution in [0.1, 0.15) is 27.7 Å². The smallest absolute Gasteiger partial charge is 0.0329 e. The summed E-state index contributed by atoms with van der Waals surface area (Å²) < 4.78 is 0. The molecule has 0 saturated carbocycles. The molecule has 0 rings (SSSR count). The van der Waals surface area contributed by atoms with E-state index in [4.69, 9.17) is 0 Å². The fourth-order valence-corrected chi connectivity index (χ4v) is 0.905. The van der Waals surface area contributed by atoms with Crippen LogP contribution in [0.4, 0.5) is 0 Å². The molecule has 0 fully saturated rings. The number of hydrogen-bond donors (Lipinski definition) is 0. The molecule has 0 N–H and O–H groups in total. The first-order valence-electron chi connectivity index (χ1n) is 4.15. The van der Waals surface area contributed by atoms with Gasteiger partial charge in [0.05, 0.1) is 0 Å². The summed E-state index contributed by atoms with van der Waals surface area (Å²) in [6.45, 7) is 12.2. The van der Waals surface area contributed by atoms with Crippen LogP contribution in [-0.4, -0.2) is 11.9 Å². The third-order valence-electron chi connectivity index (χ3n) is 1.36. The first kappa shape index (κ1) is 11.0. The molecule has 0 heterocycles. The van der Waals surface area contributed by atoms with Crippen molar-refractivity contribution in [2.45, 2.75) is 27.7 Å². The molecule has 0 saturated heterocycles. The van der Waals surface area contributed by atoms with Gasteiger partial charge >= 0.3 is 0 Å². The van der Waals surface area contributed by atoms with Crippen molar-refractivity contribution in [3.05, 3.63) is 35.7 Å². The molecule has 0 aliphatic heterocycles. The number of rotatable bonds is 3. The number of likely N-dealkylation sites (N-methyl/N-ethyl adjacent to an activating group) is 1. The Morgan fingerprint density at radius 2 is 1.58 bits per heavy atom. The van der Waals surface area contributed by atoms with Crippen molar-refractivity contribution in [2.24, 2.45) is 0 Å². The molecule has 12 heavy (non-hydrogen) atoms. The van der Waals surface area contributed by atoms with E-state index < -0.39 is 0 Å². The maximum Gasteiger partial charge on any atom is 0.0329 e. The second kappa shape index (κ2) is 4.81. The monoisotopic (exact) mass is 165 g/mol. The van der Waals surface area contributed by atoms with Crippen molar-refractivity contribution >= 4 is 0 Å². The van der Waals surface area contributed by atoms with Crippen molar-refractivity contribution < 1.29 is 0 Å². The molecule has 0 bridgehead atoms. The van der Waals surface area contributed by atoms with Crippen molar-refractivity contribution in [2.75, 3.05) is 7.05 Å². The summed E-state index contributed by atoms with van der Waals surface area (Å²) in [5, 5.41) is 0. The Balaban J connectivity index is 4.31. The van der Waals surface area contributed by atoms with E-state index in [1.165, 1.54) is 11.1 Å². The first-order chi connectivity index (χ1) is 5.43. The van der Waals surface area contributed by atoms with Crippen LogP contribution in [0.5, 0.6) is 0 Å². The summed E-state index contributed by atoms with van der Waals surface area (Å²) in [6, 6.07) is 0. The molecular formula is C11H19N. The maximum atomic E-state index is 3.95. The fraction of sp³-hybridized carbons (Fsp3) is 0.455. The lowest BCUT2D eigenvalue weighted by Gasteiger charge is -2.15. The third-order valence-corrected chi connectivity index (χ3v) is 1.36. The molecule has 0 aromatic heterocycles. The van der Waals surface area contributed by atoms with Crippen LogP contribution in [0.25, 0.3) is 0 Å². The van der Waals surface area contributed by atoms with Gasteiger partial charge in [0.1, 0.15) is 0 Å². The van der Waals surface area contributed by atoms with Crippen LogP contribution in [0.2, 0.25) is 0 Å². The number of allylic oxidation sites excluding steroid dienone is 3. The van der Waals surface area contributed by atoms with Crippen molar-refractivity contribution in [1.82, 2.24) is 4.90 Å². The van der Waals surface area contributed by atoms with Gasteiger partial charge in [0.25, 0.3) is 0 Å². The Bertz CT molecular complexity index is 213. The fourth-order valence-electron chi connectivity index (χ4n) is 0.905. The Kier molecular flexibility index (Phi) is 4.42. The number of hydrogen-bond acceptors (Lipinski definition) is 1. The van der Waals surface area contributed by atoms with Gasteiger partial charge < -0.3 is 4.90 Å². The van der Waals surface area contributed by atoms with E-state index in [1.807, 2.05) is 11.9 Å². The van der Waals surface area contributed by atoms with Gasteiger partial charge in [0, 0.05) is 18.9 Å². The van der Waals surface area contributed by atoms with Gasteiger partial charge in [-0.1, -0.05) is 17.7 Å². The lowest BCUT2D eigenvalue weighted by Crippen LogP contribution is -2.07. The minimum Gasteiger partial charge on any atom is -0.352 e. The SMILES string of the molecule is C=C(C=C(C)C)N(C)C=C(C)C. The third kappa shape index (κ3) is 4.78. The molecule has 1 heteroatoms. The van der Waals surface area contributed by atoms with Gasteiger partial charge in [-0.15, -0.1) is 0 Å². The van der Waals surface area contributed by atoms with Crippen molar-refractivity contribution in [1.29, 1.82) is 0 Å². The maximum absolute atomic E-state index is 3.95. The minimum absolute atomic E-state index is 1.02. The van der Waals surface area contributed by atoms with E-state index in [0.717, 1.165) is 5.70 Å². The summed E-state index contributed by atoms with van der Waals surface area (Å²) in [5.74, 6) is 0. The normalized spacial score (nSPS) is 8.75. The Hall–Kier alpha value is -0.980. The molecule has 0 spiro atoms. The van der Waals surface area contributed by atoms with Crippen molar-refractivity contribution in [3.63, 3.8) is 0 Å². The van der Waals surface area contributed by atoms with Gasteiger partial charge in [0.15, 0.2) is 0 Å². The molecular weight excluding hydrogens is 146 g/mol. The molecule has 68 valence electrons. The van der Waals surface area contributed by atoms with Gasteiger partial charge in [-0.2, -0.15) is 0 Å².